The van der Waals surface area contributed by atoms with E-state index >= 15 is 0 Å². The Morgan fingerprint density at radius 2 is 1.60 bits per heavy atom. The largest absolute Gasteiger partial charge is 0.591 e. The highest BCUT2D eigenvalue weighted by Gasteiger charge is 2.23. The van der Waals surface area contributed by atoms with E-state index in [0.717, 1.165) is 16.7 Å². The average Bonchev–Trinajstić information content (AvgIpc) is 2.37. The van der Waals surface area contributed by atoms with Crippen LogP contribution in [0.3, 0.4) is 0 Å². The second kappa shape index (κ2) is 5.66. The van der Waals surface area contributed by atoms with Crippen LogP contribution in [0.4, 0.5) is 0 Å². The number of hydrogen-bond donors (Lipinski definition) is 0. The predicted molar refractivity (Wildman–Crippen MR) is 77.8 cm³/mol. The summed E-state index contributed by atoms with van der Waals surface area (Å²) in [5, 5.41) is 0.0758. The molecular formula is C16H15O3P. The summed E-state index contributed by atoms with van der Waals surface area (Å²) in [5.74, 6) is -0.241. The minimum Gasteiger partial charge on any atom is -0.591 e. The first-order valence-corrected chi connectivity index (χ1v) is 7.45. The zero-order chi connectivity index (χ0) is 14.9. The smallest absolute Gasteiger partial charge is 0.349 e. The van der Waals surface area contributed by atoms with Gasteiger partial charge in [-0.15, -0.1) is 0 Å². The molecular weight excluding hydrogens is 271 g/mol. The second-order valence-electron chi connectivity index (χ2n) is 4.88. The van der Waals surface area contributed by atoms with E-state index in [0.29, 0.717) is 5.56 Å². The van der Waals surface area contributed by atoms with Crippen LogP contribution in [0.25, 0.3) is 0 Å². The van der Waals surface area contributed by atoms with Gasteiger partial charge in [0.15, 0.2) is 11.1 Å². The van der Waals surface area contributed by atoms with Gasteiger partial charge in [0.2, 0.25) is 0 Å². The first-order valence-electron chi connectivity index (χ1n) is 6.27. The Morgan fingerprint density at radius 1 is 1.05 bits per heavy atom. The molecule has 0 N–H and O–H groups in total. The molecule has 0 aliphatic heterocycles. The Morgan fingerprint density at radius 3 is 2.15 bits per heavy atom. The number of rotatable bonds is 3. The number of benzene rings is 2. The first-order chi connectivity index (χ1) is 9.41. The van der Waals surface area contributed by atoms with Gasteiger partial charge in [-0.25, -0.2) is 0 Å². The van der Waals surface area contributed by atoms with Crippen LogP contribution in [-0.4, -0.2) is 5.78 Å². The zero-order valence-electron chi connectivity index (χ0n) is 11.6. The Hall–Kier alpha value is -1.83. The highest BCUT2D eigenvalue weighted by molar-refractivity contribution is 7.46. The van der Waals surface area contributed by atoms with Gasteiger partial charge in [-0.3, -0.25) is 4.79 Å². The van der Waals surface area contributed by atoms with Crippen molar-refractivity contribution in [2.45, 2.75) is 20.8 Å². The summed E-state index contributed by atoms with van der Waals surface area (Å²) < 4.78 is 11.3. The first kappa shape index (κ1) is 14.6. The van der Waals surface area contributed by atoms with Crippen molar-refractivity contribution in [3.8, 4) is 0 Å². The predicted octanol–water partition coefficient (Wildman–Crippen LogP) is 2.57. The molecule has 20 heavy (non-hydrogen) atoms. The molecule has 0 amide bonds. The van der Waals surface area contributed by atoms with Gasteiger partial charge in [0.25, 0.3) is 0 Å². The molecule has 0 heterocycles. The van der Waals surface area contributed by atoms with E-state index in [1.165, 1.54) is 6.07 Å². The van der Waals surface area contributed by atoms with E-state index in [1.54, 1.807) is 18.2 Å². The Bertz CT molecular complexity index is 682. The normalized spacial score (nSPS) is 11.3. The van der Waals surface area contributed by atoms with E-state index in [9.17, 15) is 14.3 Å². The molecule has 0 aliphatic rings. The van der Waals surface area contributed by atoms with E-state index in [4.69, 9.17) is 0 Å². The molecule has 0 spiro atoms. The molecule has 0 fully saturated rings. The lowest BCUT2D eigenvalue weighted by Gasteiger charge is -2.10. The van der Waals surface area contributed by atoms with Gasteiger partial charge in [0, 0.05) is 5.56 Å². The number of hydrogen-bond acceptors (Lipinski definition) is 3. The van der Waals surface area contributed by atoms with Crippen LogP contribution in [0.15, 0.2) is 36.4 Å². The quantitative estimate of drug-likeness (QED) is 0.643. The number of carbonyl (C=O) groups is 1. The fourth-order valence-corrected chi connectivity index (χ4v) is 3.08. The highest BCUT2D eigenvalue weighted by atomic mass is 31.1. The molecule has 0 saturated heterocycles. The zero-order valence-corrected chi connectivity index (χ0v) is 12.5. The maximum Gasteiger partial charge on any atom is 0.349 e. The van der Waals surface area contributed by atoms with E-state index in [2.05, 4.69) is 0 Å². The van der Waals surface area contributed by atoms with Crippen LogP contribution in [-0.2, 0) is 4.57 Å². The van der Waals surface area contributed by atoms with Gasteiger partial charge in [0.1, 0.15) is 0 Å². The van der Waals surface area contributed by atoms with Crippen LogP contribution in [0, 0.1) is 20.8 Å². The van der Waals surface area contributed by atoms with Crippen molar-refractivity contribution in [1.29, 1.82) is 0 Å². The van der Waals surface area contributed by atoms with Gasteiger partial charge in [-0.05, 0) is 44.0 Å². The van der Waals surface area contributed by atoms with Crippen LogP contribution in [0.2, 0.25) is 0 Å². The fraction of sp³-hybridized carbons (Fsp3) is 0.188. The summed E-state index contributed by atoms with van der Waals surface area (Å²) in [5.41, 5.74) is 3.63. The van der Waals surface area contributed by atoms with Gasteiger partial charge < -0.3 is 4.89 Å². The van der Waals surface area contributed by atoms with Crippen LogP contribution in [0.1, 0.15) is 32.6 Å². The molecule has 4 heteroatoms. The van der Waals surface area contributed by atoms with Crippen molar-refractivity contribution >= 4 is 19.1 Å². The molecule has 102 valence electrons. The fourth-order valence-electron chi connectivity index (χ4n) is 2.50. The van der Waals surface area contributed by atoms with Crippen LogP contribution < -0.4 is 10.2 Å². The topological polar surface area (TPSA) is 57.2 Å². The Labute approximate surface area is 119 Å². The van der Waals surface area contributed by atoms with Crippen molar-refractivity contribution in [3.05, 3.63) is 64.2 Å². The molecule has 3 nitrogen and oxygen atoms in total. The average molecular weight is 286 g/mol. The standard InChI is InChI=1S/C16H15O3P/c1-10-8-11(2)15(12(3)9-10)16(17)13-6-4-5-7-14(13)20(18)19/h4-9H,1-3H3. The second-order valence-corrected chi connectivity index (χ2v) is 5.87. The summed E-state index contributed by atoms with van der Waals surface area (Å²) >= 11 is 0. The van der Waals surface area contributed by atoms with Gasteiger partial charge in [0.05, 0.1) is 5.56 Å². The maximum atomic E-state index is 12.7. The minimum absolute atomic E-state index is 0.0758. The molecule has 2 aromatic rings. The lowest BCUT2D eigenvalue weighted by molar-refractivity contribution is -0.160. The van der Waals surface area contributed by atoms with Crippen LogP contribution in [0.5, 0.6) is 0 Å². The maximum absolute atomic E-state index is 12.7. The third-order valence-electron chi connectivity index (χ3n) is 3.25. The van der Waals surface area contributed by atoms with Gasteiger partial charge in [-0.1, -0.05) is 34.4 Å². The lowest BCUT2D eigenvalue weighted by atomic mass is 9.93. The molecule has 0 bridgehead atoms. The van der Waals surface area contributed by atoms with Crippen molar-refractivity contribution in [2.75, 3.05) is 0 Å². The van der Waals surface area contributed by atoms with Crippen molar-refractivity contribution in [2.24, 2.45) is 0 Å². The molecule has 1 atom stereocenters. The molecule has 0 saturated carbocycles. The lowest BCUT2D eigenvalue weighted by Crippen LogP contribution is -2.18. The SMILES string of the molecule is Cc1cc(C)c(C(=O)c2ccccc2[P+](=O)[O-])c(C)c1. The van der Waals surface area contributed by atoms with Crippen molar-refractivity contribution < 1.29 is 14.3 Å². The molecule has 0 aliphatic carbocycles. The highest BCUT2D eigenvalue weighted by Crippen LogP contribution is 2.22. The third kappa shape index (κ3) is 2.69. The summed E-state index contributed by atoms with van der Waals surface area (Å²) in [6.07, 6.45) is 0. The van der Waals surface area contributed by atoms with E-state index in [-0.39, 0.29) is 16.7 Å². The Kier molecular flexibility index (Phi) is 4.12. The summed E-state index contributed by atoms with van der Waals surface area (Å²) in [6.45, 7) is 5.71. The van der Waals surface area contributed by atoms with Gasteiger partial charge in [-0.2, -0.15) is 0 Å². The molecule has 0 aromatic heterocycles. The number of carbonyl (C=O) groups excluding carboxylic acids is 1. The summed E-state index contributed by atoms with van der Waals surface area (Å²) in [6, 6.07) is 10.2. The van der Waals surface area contributed by atoms with Crippen molar-refractivity contribution in [3.63, 3.8) is 0 Å². The van der Waals surface area contributed by atoms with Crippen molar-refractivity contribution in [1.82, 2.24) is 0 Å². The third-order valence-corrected chi connectivity index (χ3v) is 4.03. The number of aryl methyl sites for hydroxylation is 3. The van der Waals surface area contributed by atoms with E-state index in [1.807, 2.05) is 32.9 Å². The van der Waals surface area contributed by atoms with Crippen LogP contribution >= 0.6 is 8.03 Å². The van der Waals surface area contributed by atoms with Gasteiger partial charge >= 0.3 is 8.03 Å². The minimum atomic E-state index is -2.79. The molecule has 2 rings (SSSR count). The molecule has 1 unspecified atom stereocenters. The Balaban J connectivity index is 2.61. The molecule has 2 aromatic carbocycles. The monoisotopic (exact) mass is 286 g/mol. The number of ketones is 1. The summed E-state index contributed by atoms with van der Waals surface area (Å²) in [4.78, 5) is 23.9. The molecule has 0 radical (unpaired) electrons. The van der Waals surface area contributed by atoms with E-state index < -0.39 is 8.03 Å². The summed E-state index contributed by atoms with van der Waals surface area (Å²) in [7, 11) is -2.79.